The van der Waals surface area contributed by atoms with Crippen molar-refractivity contribution in [1.82, 2.24) is 4.98 Å². The number of nitrogens with one attached hydrogen (secondary N) is 1. The second kappa shape index (κ2) is 9.67. The van der Waals surface area contributed by atoms with Gasteiger partial charge in [0.05, 0.1) is 5.69 Å². The third kappa shape index (κ3) is 5.10. The zero-order valence-corrected chi connectivity index (χ0v) is 18.5. The molecule has 0 unspecified atom stereocenters. The zero-order chi connectivity index (χ0) is 23.4. The quantitative estimate of drug-likeness (QED) is 0.368. The molecule has 0 saturated heterocycles. The minimum atomic E-state index is -0.742. The number of amides is 2. The second-order valence-electron chi connectivity index (χ2n) is 7.25. The lowest BCUT2D eigenvalue weighted by Crippen LogP contribution is -2.14. The van der Waals surface area contributed by atoms with Crippen LogP contribution in [0.2, 0.25) is 0 Å². The lowest BCUT2D eigenvalue weighted by Gasteiger charge is -2.13. The van der Waals surface area contributed by atoms with E-state index in [1.54, 1.807) is 24.4 Å². The molecule has 0 radical (unpaired) electrons. The van der Waals surface area contributed by atoms with E-state index in [9.17, 15) is 14.0 Å². The molecule has 4 aromatic rings. The minimum Gasteiger partial charge on any atom is -0.366 e. The van der Waals surface area contributed by atoms with Crippen LogP contribution < -0.4 is 11.1 Å². The maximum absolute atomic E-state index is 14.2. The standard InChI is InChI=1S/C26H20FN3O2S/c1-33-21-8-9-22(23(15-21)17-11-18(25(28)31)13-19(27)12-17)26(32)30-20-6-4-5-16(14-20)24-7-2-3-10-29-24/h2-15H,1H3,(H2,28,31)(H,30,32). The molecule has 5 nitrogen and oxygen atoms in total. The second-order valence-corrected chi connectivity index (χ2v) is 8.13. The monoisotopic (exact) mass is 457 g/mol. The molecular formula is C26H20FN3O2S. The number of thioether (sulfide) groups is 1. The molecule has 0 bridgehead atoms. The molecule has 0 aliphatic heterocycles. The SMILES string of the molecule is CSc1ccc(C(=O)Nc2cccc(-c3ccccn3)c2)c(-c2cc(F)cc(C(N)=O)c2)c1. The summed E-state index contributed by atoms with van der Waals surface area (Å²) in [5.74, 6) is -1.71. The summed E-state index contributed by atoms with van der Waals surface area (Å²) in [5.41, 5.74) is 8.88. The highest BCUT2D eigenvalue weighted by molar-refractivity contribution is 7.98. The van der Waals surface area contributed by atoms with Gasteiger partial charge in [0.25, 0.3) is 5.91 Å². The van der Waals surface area contributed by atoms with E-state index in [1.165, 1.54) is 23.9 Å². The summed E-state index contributed by atoms with van der Waals surface area (Å²) in [6.07, 6.45) is 3.61. The van der Waals surface area contributed by atoms with Gasteiger partial charge < -0.3 is 11.1 Å². The number of rotatable bonds is 6. The predicted octanol–water partition coefficient (Wildman–Crippen LogP) is 5.63. The number of halogens is 1. The van der Waals surface area contributed by atoms with Crippen LogP contribution in [0, 0.1) is 5.82 Å². The van der Waals surface area contributed by atoms with Crippen molar-refractivity contribution in [3.63, 3.8) is 0 Å². The van der Waals surface area contributed by atoms with Gasteiger partial charge in [0, 0.05) is 33.5 Å². The van der Waals surface area contributed by atoms with E-state index >= 15 is 0 Å². The number of hydrogen-bond donors (Lipinski definition) is 2. The van der Waals surface area contributed by atoms with E-state index < -0.39 is 11.7 Å². The minimum absolute atomic E-state index is 0.0361. The molecule has 1 heterocycles. The molecular weight excluding hydrogens is 437 g/mol. The van der Waals surface area contributed by atoms with Gasteiger partial charge in [-0.3, -0.25) is 14.6 Å². The van der Waals surface area contributed by atoms with E-state index in [-0.39, 0.29) is 11.5 Å². The summed E-state index contributed by atoms with van der Waals surface area (Å²) < 4.78 is 14.2. The van der Waals surface area contributed by atoms with Crippen LogP contribution in [-0.4, -0.2) is 23.1 Å². The van der Waals surface area contributed by atoms with Gasteiger partial charge in [-0.1, -0.05) is 18.2 Å². The number of carbonyl (C=O) groups is 2. The van der Waals surface area contributed by atoms with Crippen LogP contribution in [0.3, 0.4) is 0 Å². The molecule has 164 valence electrons. The first-order valence-electron chi connectivity index (χ1n) is 10.1. The van der Waals surface area contributed by atoms with E-state index in [0.717, 1.165) is 22.2 Å². The van der Waals surface area contributed by atoms with Crippen molar-refractivity contribution in [2.24, 2.45) is 5.73 Å². The summed E-state index contributed by atoms with van der Waals surface area (Å²) in [6, 6.07) is 22.1. The first-order chi connectivity index (χ1) is 15.9. The average molecular weight is 458 g/mol. The Kier molecular flexibility index (Phi) is 6.51. The van der Waals surface area contributed by atoms with Crippen molar-refractivity contribution in [1.29, 1.82) is 0 Å². The van der Waals surface area contributed by atoms with Crippen LogP contribution >= 0.6 is 11.8 Å². The van der Waals surface area contributed by atoms with Gasteiger partial charge in [-0.15, -0.1) is 11.8 Å². The number of aromatic nitrogens is 1. The Morgan fingerprint density at radius 2 is 1.79 bits per heavy atom. The topological polar surface area (TPSA) is 85.1 Å². The van der Waals surface area contributed by atoms with E-state index in [2.05, 4.69) is 10.3 Å². The number of pyridine rings is 1. The molecule has 3 N–H and O–H groups in total. The van der Waals surface area contributed by atoms with Crippen molar-refractivity contribution in [2.75, 3.05) is 11.6 Å². The van der Waals surface area contributed by atoms with Gasteiger partial charge in [0.1, 0.15) is 5.82 Å². The van der Waals surface area contributed by atoms with Crippen LogP contribution in [0.25, 0.3) is 22.4 Å². The molecule has 2 amide bonds. The van der Waals surface area contributed by atoms with Gasteiger partial charge in [0.15, 0.2) is 0 Å². The average Bonchev–Trinajstić information content (AvgIpc) is 2.84. The van der Waals surface area contributed by atoms with Crippen molar-refractivity contribution < 1.29 is 14.0 Å². The Morgan fingerprint density at radius 3 is 2.52 bits per heavy atom. The van der Waals surface area contributed by atoms with Gasteiger partial charge in [-0.05, 0) is 78.0 Å². The van der Waals surface area contributed by atoms with Crippen LogP contribution in [0.15, 0.2) is 90.0 Å². The maximum atomic E-state index is 14.2. The molecule has 3 aromatic carbocycles. The zero-order valence-electron chi connectivity index (χ0n) is 17.7. The number of hydrogen-bond acceptors (Lipinski definition) is 4. The van der Waals surface area contributed by atoms with Crippen LogP contribution in [0.5, 0.6) is 0 Å². The van der Waals surface area contributed by atoms with Crippen molar-refractivity contribution in [2.45, 2.75) is 4.90 Å². The smallest absolute Gasteiger partial charge is 0.256 e. The Bertz CT molecular complexity index is 1340. The summed E-state index contributed by atoms with van der Waals surface area (Å²) in [4.78, 5) is 30.1. The number of carbonyl (C=O) groups excluding carboxylic acids is 2. The highest BCUT2D eigenvalue weighted by atomic mass is 32.2. The van der Waals surface area contributed by atoms with Crippen LogP contribution in [-0.2, 0) is 0 Å². The molecule has 33 heavy (non-hydrogen) atoms. The number of primary amides is 1. The molecule has 0 spiro atoms. The van der Waals surface area contributed by atoms with E-state index in [4.69, 9.17) is 5.73 Å². The van der Waals surface area contributed by atoms with Crippen molar-refractivity contribution >= 4 is 29.3 Å². The van der Waals surface area contributed by atoms with Gasteiger partial charge in [-0.2, -0.15) is 0 Å². The van der Waals surface area contributed by atoms with Crippen molar-refractivity contribution in [3.05, 3.63) is 102 Å². The highest BCUT2D eigenvalue weighted by Crippen LogP contribution is 2.31. The summed E-state index contributed by atoms with van der Waals surface area (Å²) in [7, 11) is 0. The molecule has 1 aromatic heterocycles. The van der Waals surface area contributed by atoms with E-state index in [0.29, 0.717) is 22.4 Å². The Balaban J connectivity index is 1.72. The number of benzene rings is 3. The summed E-state index contributed by atoms with van der Waals surface area (Å²) >= 11 is 1.49. The molecule has 0 saturated carbocycles. The third-order valence-electron chi connectivity index (χ3n) is 5.05. The maximum Gasteiger partial charge on any atom is 0.256 e. The summed E-state index contributed by atoms with van der Waals surface area (Å²) in [6.45, 7) is 0. The third-order valence-corrected chi connectivity index (χ3v) is 5.77. The lowest BCUT2D eigenvalue weighted by atomic mass is 9.97. The van der Waals surface area contributed by atoms with E-state index in [1.807, 2.05) is 48.7 Å². The van der Waals surface area contributed by atoms with Gasteiger partial charge in [0.2, 0.25) is 5.91 Å². The van der Waals surface area contributed by atoms with Crippen LogP contribution in [0.1, 0.15) is 20.7 Å². The largest absolute Gasteiger partial charge is 0.366 e. The molecule has 4 rings (SSSR count). The summed E-state index contributed by atoms with van der Waals surface area (Å²) in [5, 5.41) is 2.91. The normalized spacial score (nSPS) is 10.6. The van der Waals surface area contributed by atoms with Gasteiger partial charge in [-0.25, -0.2) is 4.39 Å². The number of anilines is 1. The van der Waals surface area contributed by atoms with Gasteiger partial charge >= 0.3 is 0 Å². The lowest BCUT2D eigenvalue weighted by molar-refractivity contribution is 0.0997. The Hall–Kier alpha value is -3.97. The molecule has 0 aliphatic carbocycles. The Labute approximate surface area is 194 Å². The molecule has 0 aliphatic rings. The first kappa shape index (κ1) is 22.2. The molecule has 0 fully saturated rings. The van der Waals surface area contributed by atoms with Crippen LogP contribution in [0.4, 0.5) is 10.1 Å². The Morgan fingerprint density at radius 1 is 0.939 bits per heavy atom. The fraction of sp³-hybridized carbons (Fsp3) is 0.0385. The molecule has 7 heteroatoms. The number of nitrogens with zero attached hydrogens (tertiary/aromatic N) is 1. The fourth-order valence-electron chi connectivity index (χ4n) is 3.46. The first-order valence-corrected chi connectivity index (χ1v) is 11.3. The number of nitrogens with two attached hydrogens (primary N) is 1. The fourth-order valence-corrected chi connectivity index (χ4v) is 3.90. The predicted molar refractivity (Wildman–Crippen MR) is 130 cm³/mol. The van der Waals surface area contributed by atoms with Crippen molar-refractivity contribution in [3.8, 4) is 22.4 Å². The highest BCUT2D eigenvalue weighted by Gasteiger charge is 2.17. The molecule has 0 atom stereocenters.